The summed E-state index contributed by atoms with van der Waals surface area (Å²) in [4.78, 5) is 11.5. The van der Waals surface area contributed by atoms with Crippen LogP contribution in [0.1, 0.15) is 24.9 Å². The number of hydrogen-bond donors (Lipinski definition) is 5. The zero-order valence-corrected chi connectivity index (χ0v) is 12.8. The molecular formula is C16H25N3O3. The molecule has 1 aliphatic rings. The Morgan fingerprint density at radius 1 is 1.36 bits per heavy atom. The van der Waals surface area contributed by atoms with Gasteiger partial charge in [0.05, 0.1) is 12.2 Å². The maximum Gasteiger partial charge on any atom is 0.219 e. The summed E-state index contributed by atoms with van der Waals surface area (Å²) in [5.41, 5.74) is 1.08. The number of amides is 1. The van der Waals surface area contributed by atoms with Gasteiger partial charge in [-0.05, 0) is 5.56 Å². The Bertz CT molecular complexity index is 469. The number of nitrogens with one attached hydrogen (secondary N) is 3. The Morgan fingerprint density at radius 3 is 2.68 bits per heavy atom. The molecular weight excluding hydrogens is 282 g/mol. The lowest BCUT2D eigenvalue weighted by Gasteiger charge is -2.23. The van der Waals surface area contributed by atoms with Crippen molar-refractivity contribution in [3.63, 3.8) is 0 Å². The maximum absolute atomic E-state index is 11.5. The summed E-state index contributed by atoms with van der Waals surface area (Å²) in [6.07, 6.45) is -1.03. The second-order valence-electron chi connectivity index (χ2n) is 5.60. The minimum Gasteiger partial charge on any atom is -0.389 e. The van der Waals surface area contributed by atoms with Gasteiger partial charge < -0.3 is 26.2 Å². The van der Waals surface area contributed by atoms with Crippen LogP contribution in [0.15, 0.2) is 30.3 Å². The molecule has 1 amide bonds. The van der Waals surface area contributed by atoms with Gasteiger partial charge in [0.25, 0.3) is 0 Å². The van der Waals surface area contributed by atoms with Crippen molar-refractivity contribution in [1.29, 1.82) is 0 Å². The molecule has 5 N–H and O–H groups in total. The lowest BCUT2D eigenvalue weighted by atomic mass is 10.1. The molecule has 0 bridgehead atoms. The molecule has 1 aromatic carbocycles. The molecule has 0 unspecified atom stereocenters. The van der Waals surface area contributed by atoms with E-state index in [1.54, 1.807) is 0 Å². The van der Waals surface area contributed by atoms with Gasteiger partial charge in [0.1, 0.15) is 0 Å². The van der Waals surface area contributed by atoms with Crippen LogP contribution in [-0.4, -0.2) is 54.0 Å². The number of aliphatic hydroxyl groups is 2. The highest BCUT2D eigenvalue weighted by Crippen LogP contribution is 2.13. The van der Waals surface area contributed by atoms with Crippen LogP contribution in [0, 0.1) is 0 Å². The topological polar surface area (TPSA) is 93.6 Å². The van der Waals surface area contributed by atoms with Crippen molar-refractivity contribution in [2.24, 2.45) is 0 Å². The van der Waals surface area contributed by atoms with Gasteiger partial charge >= 0.3 is 0 Å². The number of hydrogen-bond acceptors (Lipinski definition) is 5. The second-order valence-corrected chi connectivity index (χ2v) is 5.60. The molecule has 2 rings (SSSR count). The average molecular weight is 307 g/mol. The molecule has 1 heterocycles. The molecule has 0 aliphatic carbocycles. The molecule has 6 nitrogen and oxygen atoms in total. The first-order valence-electron chi connectivity index (χ1n) is 7.76. The number of aliphatic hydroxyl groups excluding tert-OH is 2. The van der Waals surface area contributed by atoms with Crippen LogP contribution < -0.4 is 16.0 Å². The van der Waals surface area contributed by atoms with E-state index in [0.29, 0.717) is 26.1 Å². The quantitative estimate of drug-likeness (QED) is 0.470. The van der Waals surface area contributed by atoms with Crippen molar-refractivity contribution in [3.8, 4) is 0 Å². The van der Waals surface area contributed by atoms with Gasteiger partial charge in [-0.25, -0.2) is 0 Å². The number of β-amino-alcohol motifs (C(OH)–C–C–N with tert-alkyl or cyclic N) is 1. The molecule has 1 fully saturated rings. The van der Waals surface area contributed by atoms with E-state index in [9.17, 15) is 15.0 Å². The van der Waals surface area contributed by atoms with Gasteiger partial charge in [0.2, 0.25) is 5.91 Å². The Kier molecular flexibility index (Phi) is 6.33. The highest BCUT2D eigenvalue weighted by atomic mass is 16.3. The Balaban J connectivity index is 1.94. The van der Waals surface area contributed by atoms with Gasteiger partial charge in [-0.1, -0.05) is 37.3 Å². The van der Waals surface area contributed by atoms with Gasteiger partial charge in [-0.15, -0.1) is 0 Å². The van der Waals surface area contributed by atoms with Crippen LogP contribution in [0.5, 0.6) is 0 Å². The Morgan fingerprint density at radius 2 is 2.09 bits per heavy atom. The van der Waals surface area contributed by atoms with Crippen LogP contribution in [-0.2, 0) is 4.79 Å². The predicted octanol–water partition coefficient (Wildman–Crippen LogP) is -0.463. The smallest absolute Gasteiger partial charge is 0.219 e. The third kappa shape index (κ3) is 4.51. The number of carbonyl (C=O) groups excluding carboxylic acids is 1. The Labute approximate surface area is 130 Å². The van der Waals surface area contributed by atoms with Gasteiger partial charge in [-0.2, -0.15) is 0 Å². The predicted molar refractivity (Wildman–Crippen MR) is 84.3 cm³/mol. The summed E-state index contributed by atoms with van der Waals surface area (Å²) in [6, 6.07) is 9.64. The summed E-state index contributed by atoms with van der Waals surface area (Å²) >= 11 is 0. The van der Waals surface area contributed by atoms with Gasteiger partial charge in [0, 0.05) is 38.1 Å². The summed E-state index contributed by atoms with van der Waals surface area (Å²) in [6.45, 7) is 3.22. The van der Waals surface area contributed by atoms with Crippen LogP contribution >= 0.6 is 0 Å². The largest absolute Gasteiger partial charge is 0.389 e. The first-order valence-corrected chi connectivity index (χ1v) is 7.76. The minimum absolute atomic E-state index is 0.0113. The van der Waals surface area contributed by atoms with Crippen molar-refractivity contribution in [2.45, 2.75) is 37.6 Å². The van der Waals surface area contributed by atoms with Crippen LogP contribution in [0.3, 0.4) is 0 Å². The molecule has 22 heavy (non-hydrogen) atoms. The second kappa shape index (κ2) is 8.24. The lowest BCUT2D eigenvalue weighted by Crippen LogP contribution is -2.45. The Hall–Kier alpha value is -1.47. The van der Waals surface area contributed by atoms with Gasteiger partial charge in [0.15, 0.2) is 0 Å². The highest BCUT2D eigenvalue weighted by Gasteiger charge is 2.33. The van der Waals surface area contributed by atoms with E-state index in [4.69, 9.17) is 0 Å². The normalized spacial score (nSPS) is 25.9. The van der Waals surface area contributed by atoms with Crippen LogP contribution in [0.25, 0.3) is 0 Å². The third-order valence-corrected chi connectivity index (χ3v) is 4.01. The first kappa shape index (κ1) is 16.9. The van der Waals surface area contributed by atoms with E-state index in [2.05, 4.69) is 16.0 Å². The van der Waals surface area contributed by atoms with Crippen molar-refractivity contribution in [3.05, 3.63) is 35.9 Å². The molecule has 1 aliphatic heterocycles. The van der Waals surface area contributed by atoms with Crippen molar-refractivity contribution >= 4 is 5.91 Å². The fourth-order valence-corrected chi connectivity index (χ4v) is 2.58. The standard InChI is InChI=1S/C16H25N3O3/c1-2-15(21)19-8-12(11-6-4-3-5-7-11)17-9-13-16(22)14(20)10-18-13/h3-7,12-14,16-18,20,22H,2,8-10H2,1H3,(H,19,21)/t12-,13+,14-,16+/m0/s1. The third-order valence-electron chi connectivity index (χ3n) is 4.01. The number of rotatable bonds is 7. The number of benzene rings is 1. The van der Waals surface area contributed by atoms with E-state index in [1.165, 1.54) is 0 Å². The zero-order valence-electron chi connectivity index (χ0n) is 12.8. The minimum atomic E-state index is -0.769. The van der Waals surface area contributed by atoms with Crippen LogP contribution in [0.2, 0.25) is 0 Å². The number of carbonyl (C=O) groups is 1. The van der Waals surface area contributed by atoms with E-state index in [0.717, 1.165) is 5.56 Å². The maximum atomic E-state index is 11.5. The highest BCUT2D eigenvalue weighted by molar-refractivity contribution is 5.75. The SMILES string of the molecule is CCC(=O)NC[C@H](NC[C@H]1NC[C@H](O)[C@@H]1O)c1ccccc1. The molecule has 1 saturated heterocycles. The van der Waals surface area contributed by atoms with Crippen molar-refractivity contribution < 1.29 is 15.0 Å². The van der Waals surface area contributed by atoms with E-state index >= 15 is 0 Å². The molecule has 0 spiro atoms. The summed E-state index contributed by atoms with van der Waals surface area (Å²) in [5.74, 6) is 0.0113. The molecule has 0 saturated carbocycles. The lowest BCUT2D eigenvalue weighted by molar-refractivity contribution is -0.120. The first-order chi connectivity index (χ1) is 10.6. The summed E-state index contributed by atoms with van der Waals surface area (Å²) in [5, 5.41) is 28.8. The molecule has 1 aromatic rings. The summed E-state index contributed by atoms with van der Waals surface area (Å²) < 4.78 is 0. The summed E-state index contributed by atoms with van der Waals surface area (Å²) in [7, 11) is 0. The van der Waals surface area contributed by atoms with Crippen molar-refractivity contribution in [1.82, 2.24) is 16.0 Å². The van der Waals surface area contributed by atoms with E-state index in [1.807, 2.05) is 37.3 Å². The van der Waals surface area contributed by atoms with Gasteiger partial charge in [-0.3, -0.25) is 4.79 Å². The van der Waals surface area contributed by atoms with Crippen molar-refractivity contribution in [2.75, 3.05) is 19.6 Å². The molecule has 122 valence electrons. The molecule has 0 radical (unpaired) electrons. The van der Waals surface area contributed by atoms with E-state index in [-0.39, 0.29) is 18.0 Å². The molecule has 6 heteroatoms. The monoisotopic (exact) mass is 307 g/mol. The fourth-order valence-electron chi connectivity index (χ4n) is 2.58. The molecule has 4 atom stereocenters. The zero-order chi connectivity index (χ0) is 15.9. The molecule has 0 aromatic heterocycles. The van der Waals surface area contributed by atoms with E-state index < -0.39 is 12.2 Å². The van der Waals surface area contributed by atoms with Crippen LogP contribution in [0.4, 0.5) is 0 Å². The average Bonchev–Trinajstić information content (AvgIpc) is 2.87. The fraction of sp³-hybridized carbons (Fsp3) is 0.562.